The standard InChI is InChI=1S/C41H68O14/c1-19(2)9-8-10-20(3)29-26(52-39-34(49)37(51-7)31(46)27(17-42)53-39)16-23-28-22(12-14-41(23,29)5)40(4)13-11-21(43)15-24(40)30(45)36(28)55-38-33(48)32(47)35(54-38)25(44)18-50-6/h9,20-22,24-27,29-39,42-49H,8,10-18H2,1-7H3. The van der Waals surface area contributed by atoms with Crippen molar-refractivity contribution in [2.45, 2.75) is 172 Å². The summed E-state index contributed by atoms with van der Waals surface area (Å²) in [5.41, 5.74) is 2.43. The van der Waals surface area contributed by atoms with Gasteiger partial charge in [0.2, 0.25) is 0 Å². The molecular weight excluding hydrogens is 716 g/mol. The summed E-state index contributed by atoms with van der Waals surface area (Å²) in [6.07, 6.45) is -7.98. The number of hydrogen-bond acceptors (Lipinski definition) is 14. The maximum absolute atomic E-state index is 12.4. The van der Waals surface area contributed by atoms with Crippen LogP contribution in [0.4, 0.5) is 0 Å². The van der Waals surface area contributed by atoms with Gasteiger partial charge in [-0.2, -0.15) is 0 Å². The summed E-state index contributed by atoms with van der Waals surface area (Å²) < 4.78 is 36.0. The summed E-state index contributed by atoms with van der Waals surface area (Å²) in [5, 5.41) is 88.3. The molecule has 0 radical (unpaired) electrons. The molecule has 0 aromatic rings. The third kappa shape index (κ3) is 7.88. The molecule has 3 saturated carbocycles. The van der Waals surface area contributed by atoms with E-state index < -0.39 is 97.8 Å². The van der Waals surface area contributed by atoms with E-state index in [1.54, 1.807) is 0 Å². The van der Waals surface area contributed by atoms with Crippen molar-refractivity contribution >= 4 is 0 Å². The van der Waals surface area contributed by atoms with E-state index >= 15 is 0 Å². The van der Waals surface area contributed by atoms with E-state index in [1.807, 2.05) is 0 Å². The van der Waals surface area contributed by atoms with Crippen LogP contribution in [0.3, 0.4) is 0 Å². The molecule has 0 aromatic carbocycles. The van der Waals surface area contributed by atoms with Crippen molar-refractivity contribution < 1.29 is 69.3 Å². The van der Waals surface area contributed by atoms with Gasteiger partial charge < -0.3 is 69.3 Å². The summed E-state index contributed by atoms with van der Waals surface area (Å²) in [6.45, 7) is 10.2. The van der Waals surface area contributed by atoms with Crippen molar-refractivity contribution in [1.82, 2.24) is 0 Å². The first-order chi connectivity index (χ1) is 26.0. The number of rotatable bonds is 13. The molecule has 20 atom stereocenters. The van der Waals surface area contributed by atoms with Gasteiger partial charge in [-0.1, -0.05) is 38.0 Å². The van der Waals surface area contributed by atoms with Crippen LogP contribution in [0.5, 0.6) is 0 Å². The molecule has 5 fully saturated rings. The first kappa shape index (κ1) is 43.5. The van der Waals surface area contributed by atoms with Gasteiger partial charge >= 0.3 is 0 Å². The van der Waals surface area contributed by atoms with Crippen molar-refractivity contribution in [2.75, 3.05) is 27.4 Å². The molecule has 0 spiro atoms. The van der Waals surface area contributed by atoms with Crippen LogP contribution in [-0.2, 0) is 28.4 Å². The monoisotopic (exact) mass is 784 g/mol. The van der Waals surface area contributed by atoms with Crippen LogP contribution in [0.1, 0.15) is 86.0 Å². The summed E-state index contributed by atoms with van der Waals surface area (Å²) in [7, 11) is 2.80. The van der Waals surface area contributed by atoms with Crippen LogP contribution in [0.2, 0.25) is 0 Å². The van der Waals surface area contributed by atoms with Crippen LogP contribution in [0.15, 0.2) is 22.8 Å². The van der Waals surface area contributed by atoms with Gasteiger partial charge in [-0.3, -0.25) is 0 Å². The van der Waals surface area contributed by atoms with E-state index in [-0.39, 0.29) is 35.7 Å². The van der Waals surface area contributed by atoms with Crippen LogP contribution >= 0.6 is 0 Å². The number of allylic oxidation sites excluding steroid dienone is 2. The quantitative estimate of drug-likeness (QED) is 0.124. The molecule has 0 amide bonds. The highest BCUT2D eigenvalue weighted by Gasteiger charge is 2.64. The van der Waals surface area contributed by atoms with Crippen molar-refractivity contribution in [1.29, 1.82) is 0 Å². The van der Waals surface area contributed by atoms with Gasteiger partial charge in [0, 0.05) is 14.2 Å². The molecule has 2 heterocycles. The van der Waals surface area contributed by atoms with Crippen LogP contribution < -0.4 is 0 Å². The number of aliphatic hydroxyl groups is 8. The molecule has 4 aliphatic carbocycles. The Hall–Kier alpha value is -1.08. The van der Waals surface area contributed by atoms with Crippen LogP contribution in [0.25, 0.3) is 0 Å². The first-order valence-electron chi connectivity index (χ1n) is 20.4. The van der Waals surface area contributed by atoms with E-state index in [1.165, 1.54) is 19.8 Å². The molecule has 2 saturated heterocycles. The average Bonchev–Trinajstić information content (AvgIpc) is 3.59. The van der Waals surface area contributed by atoms with Gasteiger partial charge in [0.1, 0.15) is 54.9 Å². The molecule has 316 valence electrons. The normalized spacial score (nSPS) is 48.2. The summed E-state index contributed by atoms with van der Waals surface area (Å²) in [6, 6.07) is 0. The Bertz CT molecular complexity index is 1370. The Balaban J connectivity index is 1.43. The lowest BCUT2D eigenvalue weighted by atomic mass is 9.47. The zero-order valence-electron chi connectivity index (χ0n) is 33.6. The van der Waals surface area contributed by atoms with Crippen molar-refractivity contribution in [2.24, 2.45) is 34.5 Å². The molecule has 55 heavy (non-hydrogen) atoms. The number of hydrogen-bond donors (Lipinski definition) is 8. The maximum Gasteiger partial charge on any atom is 0.187 e. The minimum atomic E-state index is -1.51. The lowest BCUT2D eigenvalue weighted by molar-refractivity contribution is -0.318. The fourth-order valence-corrected chi connectivity index (χ4v) is 11.7. The van der Waals surface area contributed by atoms with Crippen molar-refractivity contribution in [3.05, 3.63) is 22.8 Å². The fraction of sp³-hybridized carbons (Fsp3) is 0.902. The van der Waals surface area contributed by atoms with Crippen LogP contribution in [-0.4, -0.2) is 154 Å². The smallest absolute Gasteiger partial charge is 0.187 e. The Morgan fingerprint density at radius 1 is 0.909 bits per heavy atom. The highest BCUT2D eigenvalue weighted by atomic mass is 16.7. The number of aliphatic hydroxyl groups excluding tert-OH is 8. The topological polar surface area (TPSA) is 217 Å². The Kier molecular flexibility index (Phi) is 13.6. The molecule has 2 aliphatic heterocycles. The maximum atomic E-state index is 12.4. The summed E-state index contributed by atoms with van der Waals surface area (Å²) >= 11 is 0. The number of methoxy groups -OCH3 is 2. The molecule has 14 heteroatoms. The average molecular weight is 785 g/mol. The van der Waals surface area contributed by atoms with Crippen molar-refractivity contribution in [3.63, 3.8) is 0 Å². The molecule has 6 rings (SSSR count). The fourth-order valence-electron chi connectivity index (χ4n) is 11.7. The Labute approximate surface area is 325 Å². The molecule has 20 unspecified atom stereocenters. The molecule has 8 N–H and O–H groups in total. The van der Waals surface area contributed by atoms with E-state index in [0.717, 1.165) is 36.8 Å². The zero-order chi connectivity index (χ0) is 40.1. The van der Waals surface area contributed by atoms with Gasteiger partial charge in [0.15, 0.2) is 12.6 Å². The third-order valence-corrected chi connectivity index (χ3v) is 14.6. The zero-order valence-corrected chi connectivity index (χ0v) is 33.6. The minimum Gasteiger partial charge on any atom is -0.394 e. The molecule has 0 bridgehead atoms. The lowest BCUT2D eigenvalue weighted by Crippen LogP contribution is -2.60. The highest BCUT2D eigenvalue weighted by molar-refractivity contribution is 5.40. The van der Waals surface area contributed by atoms with E-state index in [0.29, 0.717) is 25.7 Å². The third-order valence-electron chi connectivity index (χ3n) is 14.6. The highest BCUT2D eigenvalue weighted by Crippen LogP contribution is 2.67. The van der Waals surface area contributed by atoms with E-state index in [2.05, 4.69) is 40.7 Å². The van der Waals surface area contributed by atoms with E-state index in [9.17, 15) is 40.9 Å². The Morgan fingerprint density at radius 2 is 1.62 bits per heavy atom. The van der Waals surface area contributed by atoms with Gasteiger partial charge in [-0.15, -0.1) is 0 Å². The minimum absolute atomic E-state index is 0.0384. The second-order valence-corrected chi connectivity index (χ2v) is 18.2. The first-order valence-corrected chi connectivity index (χ1v) is 20.4. The molecular formula is C41H68O14. The van der Waals surface area contributed by atoms with Gasteiger partial charge in [0.05, 0.1) is 31.5 Å². The van der Waals surface area contributed by atoms with Gasteiger partial charge in [0.25, 0.3) is 0 Å². The largest absolute Gasteiger partial charge is 0.394 e. The second-order valence-electron chi connectivity index (χ2n) is 18.2. The van der Waals surface area contributed by atoms with Crippen LogP contribution in [0, 0.1) is 34.5 Å². The summed E-state index contributed by atoms with van der Waals surface area (Å²) in [4.78, 5) is 0. The predicted molar refractivity (Wildman–Crippen MR) is 198 cm³/mol. The molecule has 14 nitrogen and oxygen atoms in total. The summed E-state index contributed by atoms with van der Waals surface area (Å²) in [5.74, 6) is -0.289. The SMILES string of the molecule is COCC(O)C1OC(OC2C3=C4CC(OC5OC(CO)C(O)C(OC)C5O)C(C(C)CCC=C(C)C)C4(C)CCC3C3(C)CCC(O)CC3C2O)C(O)C1O. The van der Waals surface area contributed by atoms with Crippen molar-refractivity contribution in [3.8, 4) is 0 Å². The number of fused-ring (bicyclic) bond motifs is 4. The molecule has 6 aliphatic rings. The van der Waals surface area contributed by atoms with Gasteiger partial charge in [-0.25, -0.2) is 0 Å². The predicted octanol–water partition coefficient (Wildman–Crippen LogP) is 1.32. The van der Waals surface area contributed by atoms with E-state index in [4.69, 9.17) is 28.4 Å². The molecule has 0 aromatic heterocycles. The number of ether oxygens (including phenoxy) is 6. The van der Waals surface area contributed by atoms with Gasteiger partial charge in [-0.05, 0) is 105 Å². The lowest BCUT2D eigenvalue weighted by Gasteiger charge is -2.60. The second kappa shape index (κ2) is 17.3. The Morgan fingerprint density at radius 3 is 2.27 bits per heavy atom.